The van der Waals surface area contributed by atoms with Gasteiger partial charge in [-0.1, -0.05) is 29.5 Å². The number of nitrogen functional groups attached to an aromatic ring is 1. The summed E-state index contributed by atoms with van der Waals surface area (Å²) < 4.78 is 24.6. The van der Waals surface area contributed by atoms with Crippen molar-refractivity contribution in [2.45, 2.75) is 18.9 Å². The summed E-state index contributed by atoms with van der Waals surface area (Å²) >= 11 is 1.37. The van der Waals surface area contributed by atoms with E-state index in [2.05, 4.69) is 10.3 Å². The first-order valence-corrected chi connectivity index (χ1v) is 9.46. The minimum absolute atomic E-state index is 0.104. The number of ether oxygens (including phenoxy) is 2. The molecule has 0 unspecified atom stereocenters. The van der Waals surface area contributed by atoms with Gasteiger partial charge in [-0.2, -0.15) is 0 Å². The Labute approximate surface area is 165 Å². The molecule has 0 bridgehead atoms. The topological polar surface area (TPSA) is 86.5 Å². The number of methoxy groups -OCH3 is 1. The van der Waals surface area contributed by atoms with Crippen LogP contribution in [0.1, 0.15) is 28.3 Å². The number of nitrogens with one attached hydrogen (secondary N) is 1. The lowest BCUT2D eigenvalue weighted by atomic mass is 9.91. The Hall–Kier alpha value is -3.13. The van der Waals surface area contributed by atoms with Crippen molar-refractivity contribution in [3.8, 4) is 11.5 Å². The van der Waals surface area contributed by atoms with Crippen LogP contribution in [0.5, 0.6) is 11.5 Å². The standard InChI is InChI=1S/C20H18FN3O3S/c1-26-16-8-12(14-9-17(25)23-19-18(14)28-20(22)24-19)5-6-15(16)27-10-11-3-2-4-13(21)7-11/h2-8,14H,9-10H2,1H3,(H2,22,24)(H,23,25)/t14-/m1/s1. The molecule has 0 spiro atoms. The van der Waals surface area contributed by atoms with Crippen LogP contribution in [0.15, 0.2) is 42.5 Å². The number of thiazole rings is 1. The predicted octanol–water partition coefficient (Wildman–Crippen LogP) is 3.93. The highest BCUT2D eigenvalue weighted by molar-refractivity contribution is 7.16. The van der Waals surface area contributed by atoms with E-state index in [1.165, 1.54) is 23.5 Å². The van der Waals surface area contributed by atoms with E-state index in [0.717, 1.165) is 16.0 Å². The first-order chi connectivity index (χ1) is 13.5. The Balaban J connectivity index is 1.59. The fourth-order valence-electron chi connectivity index (χ4n) is 3.21. The summed E-state index contributed by atoms with van der Waals surface area (Å²) in [5.41, 5.74) is 7.45. The molecule has 0 saturated heterocycles. The molecule has 1 aliphatic heterocycles. The van der Waals surface area contributed by atoms with Gasteiger partial charge < -0.3 is 20.5 Å². The van der Waals surface area contributed by atoms with Crippen molar-refractivity contribution in [1.82, 2.24) is 4.98 Å². The number of rotatable bonds is 5. The van der Waals surface area contributed by atoms with Gasteiger partial charge in [-0.15, -0.1) is 0 Å². The van der Waals surface area contributed by atoms with E-state index >= 15 is 0 Å². The number of hydrogen-bond acceptors (Lipinski definition) is 6. The second kappa shape index (κ2) is 7.47. The van der Waals surface area contributed by atoms with Crippen molar-refractivity contribution in [2.24, 2.45) is 0 Å². The van der Waals surface area contributed by atoms with Crippen LogP contribution in [0.25, 0.3) is 0 Å². The number of carbonyl (C=O) groups is 1. The smallest absolute Gasteiger partial charge is 0.226 e. The third-order valence-electron chi connectivity index (χ3n) is 4.51. The summed E-state index contributed by atoms with van der Waals surface area (Å²) in [4.78, 5) is 17.2. The van der Waals surface area contributed by atoms with E-state index in [9.17, 15) is 9.18 Å². The maximum atomic E-state index is 13.3. The highest BCUT2D eigenvalue weighted by Gasteiger charge is 2.30. The van der Waals surface area contributed by atoms with E-state index < -0.39 is 0 Å². The van der Waals surface area contributed by atoms with Crippen LogP contribution in [-0.2, 0) is 11.4 Å². The zero-order valence-electron chi connectivity index (χ0n) is 15.1. The summed E-state index contributed by atoms with van der Waals surface area (Å²) in [5, 5.41) is 3.17. The SMILES string of the molecule is COc1cc([C@H]2CC(=O)Nc3nc(N)sc32)ccc1OCc1cccc(F)c1. The van der Waals surface area contributed by atoms with Gasteiger partial charge in [0.15, 0.2) is 16.6 Å². The van der Waals surface area contributed by atoms with E-state index in [1.807, 2.05) is 12.1 Å². The first kappa shape index (κ1) is 18.2. The Kier molecular flexibility index (Phi) is 4.87. The molecule has 1 atom stereocenters. The number of carbonyl (C=O) groups excluding carboxylic acids is 1. The summed E-state index contributed by atoms with van der Waals surface area (Å²) in [6.45, 7) is 0.217. The minimum atomic E-state index is -0.307. The minimum Gasteiger partial charge on any atom is -0.493 e. The van der Waals surface area contributed by atoms with Crippen LogP contribution >= 0.6 is 11.3 Å². The Morgan fingerprint density at radius 3 is 2.93 bits per heavy atom. The fourth-order valence-corrected chi connectivity index (χ4v) is 4.13. The molecule has 1 aliphatic rings. The molecule has 0 fully saturated rings. The fraction of sp³-hybridized carbons (Fsp3) is 0.200. The number of nitrogens with two attached hydrogens (primary N) is 1. The molecule has 2 heterocycles. The van der Waals surface area contributed by atoms with E-state index in [4.69, 9.17) is 15.2 Å². The lowest BCUT2D eigenvalue weighted by molar-refractivity contribution is -0.116. The van der Waals surface area contributed by atoms with Crippen molar-refractivity contribution >= 4 is 28.2 Å². The zero-order chi connectivity index (χ0) is 19.7. The summed E-state index contributed by atoms with van der Waals surface area (Å²) in [5.74, 6) is 1.05. The number of amides is 1. The van der Waals surface area contributed by atoms with Gasteiger partial charge in [0.1, 0.15) is 18.2 Å². The van der Waals surface area contributed by atoms with Crippen LogP contribution in [0.2, 0.25) is 0 Å². The molecule has 2 aromatic carbocycles. The lowest BCUT2D eigenvalue weighted by Gasteiger charge is -2.22. The number of halogens is 1. The van der Waals surface area contributed by atoms with Crippen molar-refractivity contribution < 1.29 is 18.7 Å². The van der Waals surface area contributed by atoms with Gasteiger partial charge >= 0.3 is 0 Å². The second-order valence-electron chi connectivity index (χ2n) is 6.40. The van der Waals surface area contributed by atoms with Gasteiger partial charge in [-0.3, -0.25) is 4.79 Å². The molecule has 3 N–H and O–H groups in total. The third-order valence-corrected chi connectivity index (χ3v) is 5.51. The Morgan fingerprint density at radius 1 is 1.29 bits per heavy atom. The van der Waals surface area contributed by atoms with E-state index in [-0.39, 0.29) is 24.2 Å². The molecule has 0 radical (unpaired) electrons. The predicted molar refractivity (Wildman–Crippen MR) is 105 cm³/mol. The normalized spacial score (nSPS) is 15.6. The Bertz CT molecular complexity index is 1040. The molecule has 0 aliphatic carbocycles. The molecule has 28 heavy (non-hydrogen) atoms. The van der Waals surface area contributed by atoms with Gasteiger partial charge in [0.25, 0.3) is 0 Å². The third kappa shape index (κ3) is 3.63. The molecule has 1 aromatic heterocycles. The molecule has 1 amide bonds. The zero-order valence-corrected chi connectivity index (χ0v) is 15.9. The maximum absolute atomic E-state index is 13.3. The van der Waals surface area contributed by atoms with Gasteiger partial charge in [0, 0.05) is 12.3 Å². The molecular formula is C20H18FN3O3S. The average molecular weight is 399 g/mol. The second-order valence-corrected chi connectivity index (χ2v) is 7.46. The number of anilines is 2. The summed E-state index contributed by atoms with van der Waals surface area (Å²) in [7, 11) is 1.55. The number of hydrogen-bond donors (Lipinski definition) is 2. The van der Waals surface area contributed by atoms with Crippen LogP contribution in [0, 0.1) is 5.82 Å². The van der Waals surface area contributed by atoms with Crippen LogP contribution in [0.3, 0.4) is 0 Å². The molecular weight excluding hydrogens is 381 g/mol. The molecule has 3 aromatic rings. The van der Waals surface area contributed by atoms with E-state index in [1.54, 1.807) is 25.3 Å². The van der Waals surface area contributed by atoms with Crippen molar-refractivity contribution in [2.75, 3.05) is 18.2 Å². The summed E-state index contributed by atoms with van der Waals surface area (Å²) in [6.07, 6.45) is 0.307. The highest BCUT2D eigenvalue weighted by Crippen LogP contribution is 2.43. The lowest BCUT2D eigenvalue weighted by Crippen LogP contribution is -2.22. The number of aromatic nitrogens is 1. The number of fused-ring (bicyclic) bond motifs is 1. The quantitative estimate of drug-likeness (QED) is 0.679. The van der Waals surface area contributed by atoms with Crippen LogP contribution in [0.4, 0.5) is 15.3 Å². The first-order valence-electron chi connectivity index (χ1n) is 8.64. The highest BCUT2D eigenvalue weighted by atomic mass is 32.1. The number of benzene rings is 2. The molecule has 4 rings (SSSR count). The Morgan fingerprint density at radius 2 is 2.14 bits per heavy atom. The van der Waals surface area contributed by atoms with Gasteiger partial charge in [-0.05, 0) is 35.4 Å². The molecule has 8 heteroatoms. The average Bonchev–Trinajstić information content (AvgIpc) is 3.05. The molecule has 144 valence electrons. The largest absolute Gasteiger partial charge is 0.493 e. The monoisotopic (exact) mass is 399 g/mol. The van der Waals surface area contributed by atoms with Gasteiger partial charge in [-0.25, -0.2) is 9.37 Å². The van der Waals surface area contributed by atoms with Crippen molar-refractivity contribution in [1.29, 1.82) is 0 Å². The van der Waals surface area contributed by atoms with E-state index in [0.29, 0.717) is 28.9 Å². The van der Waals surface area contributed by atoms with Crippen molar-refractivity contribution in [3.05, 3.63) is 64.3 Å². The molecule has 6 nitrogen and oxygen atoms in total. The summed E-state index contributed by atoms with van der Waals surface area (Å²) in [6, 6.07) is 11.8. The number of nitrogens with zero attached hydrogens (tertiary/aromatic N) is 1. The van der Waals surface area contributed by atoms with Crippen LogP contribution < -0.4 is 20.5 Å². The van der Waals surface area contributed by atoms with Crippen LogP contribution in [-0.4, -0.2) is 18.0 Å². The maximum Gasteiger partial charge on any atom is 0.226 e. The van der Waals surface area contributed by atoms with Gasteiger partial charge in [0.05, 0.1) is 12.0 Å². The van der Waals surface area contributed by atoms with Gasteiger partial charge in [0.2, 0.25) is 5.91 Å². The van der Waals surface area contributed by atoms with Crippen molar-refractivity contribution in [3.63, 3.8) is 0 Å². The molecule has 0 saturated carbocycles.